The molecule has 0 saturated carbocycles. The van der Waals surface area contributed by atoms with E-state index in [0.717, 1.165) is 0 Å². The fourth-order valence-corrected chi connectivity index (χ4v) is 1.43. The van der Waals surface area contributed by atoms with Crippen LogP contribution in [0.25, 0.3) is 0 Å². The number of amides is 1. The second-order valence-electron chi connectivity index (χ2n) is 3.61. The van der Waals surface area contributed by atoms with E-state index in [9.17, 15) is 9.90 Å². The predicted molar refractivity (Wildman–Crippen MR) is 66.8 cm³/mol. The van der Waals surface area contributed by atoms with Gasteiger partial charge in [-0.2, -0.15) is 0 Å². The van der Waals surface area contributed by atoms with E-state index in [2.05, 4.69) is 10.3 Å². The van der Waals surface area contributed by atoms with Crippen LogP contribution in [0.4, 0.5) is 5.69 Å². The van der Waals surface area contributed by atoms with Gasteiger partial charge in [-0.1, -0.05) is 0 Å². The number of benzene rings is 1. The number of aromatic hydroxyl groups is 1. The van der Waals surface area contributed by atoms with E-state index >= 15 is 0 Å². The zero-order valence-corrected chi connectivity index (χ0v) is 9.75. The van der Waals surface area contributed by atoms with Crippen molar-refractivity contribution in [1.29, 1.82) is 0 Å². The number of pyridine rings is 1. The Morgan fingerprint density at radius 3 is 2.61 bits per heavy atom. The Morgan fingerprint density at radius 1 is 1.28 bits per heavy atom. The molecule has 5 heteroatoms. The van der Waals surface area contributed by atoms with Gasteiger partial charge in [-0.15, -0.1) is 0 Å². The van der Waals surface area contributed by atoms with Gasteiger partial charge in [0.25, 0.3) is 5.91 Å². The maximum Gasteiger partial charge on any atom is 0.257 e. The summed E-state index contributed by atoms with van der Waals surface area (Å²) in [4.78, 5) is 15.6. The van der Waals surface area contributed by atoms with E-state index in [0.29, 0.717) is 17.0 Å². The number of nitrogens with one attached hydrogen (secondary N) is 1. The first-order chi connectivity index (χ1) is 8.69. The lowest BCUT2D eigenvalue weighted by atomic mass is 10.2. The van der Waals surface area contributed by atoms with Crippen molar-refractivity contribution in [3.8, 4) is 11.5 Å². The van der Waals surface area contributed by atoms with Gasteiger partial charge in [-0.05, 0) is 30.3 Å². The third kappa shape index (κ3) is 2.76. The fraction of sp³-hybridized carbons (Fsp3) is 0.0769. The highest BCUT2D eigenvalue weighted by molar-refractivity contribution is 6.04. The summed E-state index contributed by atoms with van der Waals surface area (Å²) in [6.45, 7) is 0. The van der Waals surface area contributed by atoms with E-state index in [1.807, 2.05) is 0 Å². The number of rotatable bonds is 3. The highest BCUT2D eigenvalue weighted by Crippen LogP contribution is 2.16. The average molecular weight is 244 g/mol. The Hall–Kier alpha value is -2.56. The number of methoxy groups -OCH3 is 1. The average Bonchev–Trinajstić information content (AvgIpc) is 2.39. The minimum Gasteiger partial charge on any atom is -0.506 e. The van der Waals surface area contributed by atoms with Gasteiger partial charge < -0.3 is 15.2 Å². The van der Waals surface area contributed by atoms with Crippen LogP contribution < -0.4 is 10.1 Å². The van der Waals surface area contributed by atoms with Gasteiger partial charge in [0.1, 0.15) is 11.5 Å². The molecule has 5 nitrogen and oxygen atoms in total. The van der Waals surface area contributed by atoms with E-state index < -0.39 is 0 Å². The summed E-state index contributed by atoms with van der Waals surface area (Å²) in [5.41, 5.74) is 0.940. The molecule has 0 radical (unpaired) electrons. The molecule has 0 atom stereocenters. The monoisotopic (exact) mass is 244 g/mol. The minimum absolute atomic E-state index is 0.0441. The first-order valence-electron chi connectivity index (χ1n) is 5.28. The van der Waals surface area contributed by atoms with E-state index in [4.69, 9.17) is 4.74 Å². The van der Waals surface area contributed by atoms with Crippen LogP contribution in [0.15, 0.2) is 42.7 Å². The first kappa shape index (κ1) is 11.9. The zero-order valence-electron chi connectivity index (χ0n) is 9.75. The molecule has 1 aromatic heterocycles. The predicted octanol–water partition coefficient (Wildman–Crippen LogP) is 2.05. The Morgan fingerprint density at radius 2 is 2.00 bits per heavy atom. The molecule has 0 aliphatic heterocycles. The van der Waals surface area contributed by atoms with Gasteiger partial charge in [0.05, 0.1) is 18.9 Å². The molecule has 2 N–H and O–H groups in total. The lowest BCUT2D eigenvalue weighted by Crippen LogP contribution is -2.11. The summed E-state index contributed by atoms with van der Waals surface area (Å²) < 4.78 is 5.02. The van der Waals surface area contributed by atoms with E-state index in [1.165, 1.54) is 18.5 Å². The largest absolute Gasteiger partial charge is 0.506 e. The van der Waals surface area contributed by atoms with Crippen molar-refractivity contribution in [3.63, 3.8) is 0 Å². The molecule has 0 spiro atoms. The number of anilines is 1. The number of hydrogen-bond acceptors (Lipinski definition) is 4. The van der Waals surface area contributed by atoms with Crippen molar-refractivity contribution in [2.45, 2.75) is 0 Å². The highest BCUT2D eigenvalue weighted by atomic mass is 16.5. The Balaban J connectivity index is 2.11. The number of ether oxygens (including phenoxy) is 1. The number of aromatic nitrogens is 1. The number of nitrogens with zero attached hydrogens (tertiary/aromatic N) is 1. The molecule has 1 amide bonds. The maximum atomic E-state index is 11.8. The Labute approximate surface area is 104 Å². The van der Waals surface area contributed by atoms with Crippen molar-refractivity contribution in [1.82, 2.24) is 4.98 Å². The van der Waals surface area contributed by atoms with Crippen LogP contribution in [0.2, 0.25) is 0 Å². The smallest absolute Gasteiger partial charge is 0.257 e. The van der Waals surface area contributed by atoms with Gasteiger partial charge in [0.2, 0.25) is 0 Å². The Bertz CT molecular complexity index is 552. The van der Waals surface area contributed by atoms with Crippen LogP contribution in [0.1, 0.15) is 10.4 Å². The minimum atomic E-state index is -0.330. The number of carbonyl (C=O) groups is 1. The molecule has 2 rings (SSSR count). The van der Waals surface area contributed by atoms with Crippen LogP contribution in [0.3, 0.4) is 0 Å². The van der Waals surface area contributed by atoms with Crippen LogP contribution in [0.5, 0.6) is 11.5 Å². The fourth-order valence-electron chi connectivity index (χ4n) is 1.43. The molecule has 1 aromatic carbocycles. The summed E-state index contributed by atoms with van der Waals surface area (Å²) in [6.07, 6.45) is 2.66. The van der Waals surface area contributed by atoms with Crippen molar-refractivity contribution in [3.05, 3.63) is 48.3 Å². The molecule has 92 valence electrons. The summed E-state index contributed by atoms with van der Waals surface area (Å²) in [7, 11) is 1.58. The highest BCUT2D eigenvalue weighted by Gasteiger charge is 2.07. The lowest BCUT2D eigenvalue weighted by Gasteiger charge is -2.06. The van der Waals surface area contributed by atoms with Crippen molar-refractivity contribution in [2.75, 3.05) is 12.4 Å². The second kappa shape index (κ2) is 5.18. The van der Waals surface area contributed by atoms with Crippen molar-refractivity contribution < 1.29 is 14.6 Å². The molecular formula is C13H12N2O3. The van der Waals surface area contributed by atoms with Crippen LogP contribution in [-0.2, 0) is 0 Å². The summed E-state index contributed by atoms with van der Waals surface area (Å²) in [5, 5.41) is 11.9. The van der Waals surface area contributed by atoms with Gasteiger partial charge in [0, 0.05) is 11.9 Å². The Kier molecular flexibility index (Phi) is 3.43. The quantitative estimate of drug-likeness (QED) is 0.866. The molecule has 1 heterocycles. The SMILES string of the molecule is COc1ccc(NC(=O)c2cncc(O)c2)cc1. The molecule has 0 aliphatic carbocycles. The van der Waals surface area contributed by atoms with Crippen LogP contribution >= 0.6 is 0 Å². The molecule has 0 fully saturated rings. The summed E-state index contributed by atoms with van der Waals surface area (Å²) in [6, 6.07) is 8.30. The second-order valence-corrected chi connectivity index (χ2v) is 3.61. The third-order valence-electron chi connectivity index (χ3n) is 2.33. The molecule has 0 bridgehead atoms. The first-order valence-corrected chi connectivity index (χ1v) is 5.28. The van der Waals surface area contributed by atoms with E-state index in [1.54, 1.807) is 31.4 Å². The van der Waals surface area contributed by atoms with Gasteiger partial charge >= 0.3 is 0 Å². The molecular weight excluding hydrogens is 232 g/mol. The summed E-state index contributed by atoms with van der Waals surface area (Å²) in [5.74, 6) is 0.341. The molecule has 0 unspecified atom stereocenters. The molecule has 2 aromatic rings. The van der Waals surface area contributed by atoms with E-state index in [-0.39, 0.29) is 11.7 Å². The molecule has 0 aliphatic rings. The lowest BCUT2D eigenvalue weighted by molar-refractivity contribution is 0.102. The normalized spacial score (nSPS) is 9.83. The van der Waals surface area contributed by atoms with Gasteiger partial charge in [-0.3, -0.25) is 9.78 Å². The van der Waals surface area contributed by atoms with Crippen LogP contribution in [0, 0.1) is 0 Å². The molecule has 18 heavy (non-hydrogen) atoms. The number of hydrogen-bond donors (Lipinski definition) is 2. The topological polar surface area (TPSA) is 71.5 Å². The summed E-state index contributed by atoms with van der Waals surface area (Å²) >= 11 is 0. The van der Waals surface area contributed by atoms with Crippen LogP contribution in [-0.4, -0.2) is 23.1 Å². The van der Waals surface area contributed by atoms with Crippen molar-refractivity contribution >= 4 is 11.6 Å². The number of carbonyl (C=O) groups excluding carboxylic acids is 1. The van der Waals surface area contributed by atoms with Gasteiger partial charge in [-0.25, -0.2) is 0 Å². The zero-order chi connectivity index (χ0) is 13.0. The maximum absolute atomic E-state index is 11.8. The third-order valence-corrected chi connectivity index (χ3v) is 2.33. The van der Waals surface area contributed by atoms with Crippen molar-refractivity contribution in [2.24, 2.45) is 0 Å². The standard InChI is InChI=1S/C13H12N2O3/c1-18-12-4-2-10(3-5-12)15-13(17)9-6-11(16)8-14-7-9/h2-8,16H,1H3,(H,15,17). The molecule has 0 saturated heterocycles. The van der Waals surface area contributed by atoms with Gasteiger partial charge in [0.15, 0.2) is 0 Å².